The van der Waals surface area contributed by atoms with Gasteiger partial charge in [-0.05, 0) is 114 Å². The maximum absolute atomic E-state index is 7.10. The molecule has 6 heterocycles. The van der Waals surface area contributed by atoms with E-state index in [1.807, 2.05) is 31.3 Å². The van der Waals surface area contributed by atoms with Gasteiger partial charge >= 0.3 is 0 Å². The summed E-state index contributed by atoms with van der Waals surface area (Å²) in [5.74, 6) is 0.216. The lowest BCUT2D eigenvalue weighted by atomic mass is 9.88. The number of hydrogen-bond acceptors (Lipinski definition) is 6. The summed E-state index contributed by atoms with van der Waals surface area (Å²) in [5, 5.41) is 2.45. The molecule has 0 aliphatic carbocycles. The molecule has 7 atom stereocenters. The average Bonchev–Trinajstić information content (AvgIpc) is 4.22. The van der Waals surface area contributed by atoms with Crippen molar-refractivity contribution in [3.05, 3.63) is 217 Å². The normalized spacial score (nSPS) is 21.9. The molecular formula is C55H58N2O4P4. The van der Waals surface area contributed by atoms with Gasteiger partial charge in [0.25, 0.3) is 0 Å². The summed E-state index contributed by atoms with van der Waals surface area (Å²) in [6.07, 6.45) is 17.1. The fourth-order valence-electron chi connectivity index (χ4n) is 10.3. The topological polar surface area (TPSA) is 59.0 Å². The first kappa shape index (κ1) is 44.5. The van der Waals surface area contributed by atoms with Crippen LogP contribution in [0.2, 0.25) is 0 Å². The highest BCUT2D eigenvalue weighted by Gasteiger charge is 2.51. The highest BCUT2D eigenvalue weighted by molar-refractivity contribution is 7.80. The molecule has 10 rings (SSSR count). The van der Waals surface area contributed by atoms with Crippen LogP contribution in [0, 0.1) is 0 Å². The zero-order valence-corrected chi connectivity index (χ0v) is 41.0. The van der Waals surface area contributed by atoms with Gasteiger partial charge in [0, 0.05) is 59.8 Å². The Labute approximate surface area is 389 Å². The van der Waals surface area contributed by atoms with Crippen molar-refractivity contribution < 1.29 is 17.7 Å². The van der Waals surface area contributed by atoms with E-state index in [0.29, 0.717) is 17.0 Å². The van der Waals surface area contributed by atoms with Crippen molar-refractivity contribution in [2.24, 2.45) is 0 Å². The predicted molar refractivity (Wildman–Crippen MR) is 273 cm³/mol. The van der Waals surface area contributed by atoms with E-state index in [-0.39, 0.29) is 17.6 Å². The molecular weight excluding hydrogens is 877 g/mol. The SMILES string of the molecule is CCCCN(P(c1ccoc1)c1ccoc1)P1[C@@H](c2ccccc2)CC(c2coc(P(c3ccco3)N(C(C)C)P3[C@@H](c4ccccc4)CC[C@@H]3c3ccccc3)c2)[C@@H]1c1ccccc1. The maximum Gasteiger partial charge on any atom is 0.148 e. The third kappa shape index (κ3) is 9.21. The molecule has 332 valence electrons. The molecule has 0 spiro atoms. The lowest BCUT2D eigenvalue weighted by Crippen LogP contribution is -2.31. The fourth-order valence-corrected chi connectivity index (χ4v) is 25.1. The highest BCUT2D eigenvalue weighted by Crippen LogP contribution is 2.80. The van der Waals surface area contributed by atoms with Crippen molar-refractivity contribution in [3.8, 4) is 0 Å². The Kier molecular flexibility index (Phi) is 14.1. The molecule has 8 aromatic rings. The van der Waals surface area contributed by atoms with Crippen LogP contribution >= 0.6 is 32.3 Å². The first-order valence-electron chi connectivity index (χ1n) is 23.2. The summed E-state index contributed by atoms with van der Waals surface area (Å²) in [4.78, 5) is 0. The number of unbranched alkanes of at least 4 members (excludes halogenated alkanes) is 1. The summed E-state index contributed by atoms with van der Waals surface area (Å²) in [6, 6.07) is 56.6. The Morgan fingerprint density at radius 3 is 1.60 bits per heavy atom. The van der Waals surface area contributed by atoms with Crippen LogP contribution in [0.25, 0.3) is 0 Å². The first-order chi connectivity index (χ1) is 32.1. The minimum Gasteiger partial charge on any atom is -0.472 e. The molecule has 2 saturated heterocycles. The first-order valence-corrected chi connectivity index (χ1v) is 28.6. The fraction of sp³-hybridized carbons (Fsp3) is 0.273. The minimum absolute atomic E-state index is 0.216. The van der Waals surface area contributed by atoms with Crippen molar-refractivity contribution in [1.29, 1.82) is 0 Å². The largest absolute Gasteiger partial charge is 0.472 e. The van der Waals surface area contributed by atoms with Gasteiger partial charge in [0.05, 0.1) is 37.6 Å². The molecule has 4 aromatic heterocycles. The standard InChI is InChI=1S/C55H58N2O4P4/c1-4-5-32-56(62(47-30-34-58-39-47)48-31-35-59-40-48)64-52(44-23-14-8-15-24-44)37-49(55(64)45-25-16-9-17-26-45)46-36-54(61-38-46)65(53-27-18-33-60-53)57(41(2)3)63-50(42-19-10-6-11-20-42)28-29-51(63)43-21-12-7-13-22-43/h6-27,30-31,33-36,38-41,49-52,55H,4-5,28-29,32,37H2,1-3H3/t49?,50-,51-,52-,55+,64?,65?/m1/s1. The molecule has 0 radical (unpaired) electrons. The second-order valence-electron chi connectivity index (χ2n) is 17.4. The lowest BCUT2D eigenvalue weighted by Gasteiger charge is -2.43. The number of benzene rings is 4. The van der Waals surface area contributed by atoms with Crippen LogP contribution in [0.5, 0.6) is 0 Å². The van der Waals surface area contributed by atoms with Crippen LogP contribution in [0.3, 0.4) is 0 Å². The van der Waals surface area contributed by atoms with E-state index in [2.05, 4.69) is 188 Å². The molecule has 2 aliphatic heterocycles. The van der Waals surface area contributed by atoms with Crippen LogP contribution < -0.4 is 21.6 Å². The van der Waals surface area contributed by atoms with E-state index in [9.17, 15) is 0 Å². The molecule has 4 aromatic carbocycles. The smallest absolute Gasteiger partial charge is 0.148 e. The molecule has 2 fully saturated rings. The van der Waals surface area contributed by atoms with Gasteiger partial charge in [0.2, 0.25) is 0 Å². The Hall–Kier alpha value is -4.36. The molecule has 0 saturated carbocycles. The Morgan fingerprint density at radius 1 is 0.554 bits per heavy atom. The van der Waals surface area contributed by atoms with Crippen molar-refractivity contribution in [1.82, 2.24) is 8.88 Å². The molecule has 2 aliphatic rings. The zero-order valence-electron chi connectivity index (χ0n) is 37.4. The van der Waals surface area contributed by atoms with E-state index in [1.54, 1.807) is 0 Å². The number of hydrogen-bond donors (Lipinski definition) is 0. The molecule has 10 heteroatoms. The van der Waals surface area contributed by atoms with E-state index in [0.717, 1.165) is 49.7 Å². The van der Waals surface area contributed by atoms with Crippen molar-refractivity contribution in [3.63, 3.8) is 0 Å². The highest BCUT2D eigenvalue weighted by atomic mass is 31.2. The molecule has 0 N–H and O–H groups in total. The lowest BCUT2D eigenvalue weighted by molar-refractivity contribution is 0.541. The summed E-state index contributed by atoms with van der Waals surface area (Å²) >= 11 is 0. The molecule has 0 amide bonds. The summed E-state index contributed by atoms with van der Waals surface area (Å²) < 4.78 is 31.1. The van der Waals surface area contributed by atoms with Crippen LogP contribution in [-0.2, 0) is 0 Å². The van der Waals surface area contributed by atoms with Crippen molar-refractivity contribution >= 4 is 53.9 Å². The Bertz CT molecular complexity index is 2540. The second kappa shape index (κ2) is 20.7. The van der Waals surface area contributed by atoms with E-state index < -0.39 is 32.3 Å². The van der Waals surface area contributed by atoms with Crippen molar-refractivity contribution in [2.75, 3.05) is 6.54 Å². The monoisotopic (exact) mass is 934 g/mol. The minimum atomic E-state index is -1.16. The van der Waals surface area contributed by atoms with E-state index >= 15 is 0 Å². The molecule has 6 nitrogen and oxygen atoms in total. The van der Waals surface area contributed by atoms with Gasteiger partial charge in [-0.2, -0.15) is 0 Å². The van der Waals surface area contributed by atoms with Crippen molar-refractivity contribution in [2.45, 2.75) is 87.5 Å². The van der Waals surface area contributed by atoms with Gasteiger partial charge in [-0.1, -0.05) is 135 Å². The van der Waals surface area contributed by atoms with E-state index in [1.165, 1.54) is 38.4 Å². The van der Waals surface area contributed by atoms with Gasteiger partial charge in [-0.25, -0.2) is 4.44 Å². The predicted octanol–water partition coefficient (Wildman–Crippen LogP) is 15.3. The van der Waals surface area contributed by atoms with Gasteiger partial charge < -0.3 is 17.7 Å². The summed E-state index contributed by atoms with van der Waals surface area (Å²) in [6.45, 7) is 8.07. The summed E-state index contributed by atoms with van der Waals surface area (Å²) in [5.41, 5.74) is 10.4. The van der Waals surface area contributed by atoms with Gasteiger partial charge in [-0.3, -0.25) is 4.44 Å². The maximum atomic E-state index is 7.10. The third-order valence-corrected chi connectivity index (χ3v) is 26.2. The molecule has 65 heavy (non-hydrogen) atoms. The van der Waals surface area contributed by atoms with Gasteiger partial charge in [0.1, 0.15) is 19.1 Å². The number of furan rings is 4. The van der Waals surface area contributed by atoms with Gasteiger partial charge in [-0.15, -0.1) is 0 Å². The van der Waals surface area contributed by atoms with Crippen LogP contribution in [-0.4, -0.2) is 21.5 Å². The molecule has 3 unspecified atom stereocenters. The third-order valence-electron chi connectivity index (χ3n) is 13.1. The quantitative estimate of drug-likeness (QED) is 0.0848. The number of nitrogens with zero attached hydrogens (tertiary/aromatic N) is 2. The number of rotatable bonds is 17. The Balaban J connectivity index is 1.11. The zero-order chi connectivity index (χ0) is 44.1. The van der Waals surface area contributed by atoms with Crippen LogP contribution in [0.1, 0.15) is 109 Å². The average molecular weight is 935 g/mol. The second-order valence-corrected chi connectivity index (χ2v) is 27.0. The van der Waals surface area contributed by atoms with Crippen LogP contribution in [0.15, 0.2) is 207 Å². The van der Waals surface area contributed by atoms with Crippen LogP contribution in [0.4, 0.5) is 0 Å². The van der Waals surface area contributed by atoms with Gasteiger partial charge in [0.15, 0.2) is 0 Å². The summed E-state index contributed by atoms with van der Waals surface area (Å²) in [7, 11) is -3.66. The Morgan fingerprint density at radius 2 is 1.11 bits per heavy atom. The van der Waals surface area contributed by atoms with E-state index in [4.69, 9.17) is 17.7 Å². The molecule has 0 bridgehead atoms.